The molecule has 0 aliphatic carbocycles. The lowest BCUT2D eigenvalue weighted by Crippen LogP contribution is -2.35. The Morgan fingerprint density at radius 1 is 1.60 bits per heavy atom. The van der Waals surface area contributed by atoms with E-state index >= 15 is 0 Å². The number of hydrogen-bond donors (Lipinski definition) is 2. The highest BCUT2D eigenvalue weighted by Crippen LogP contribution is 2.15. The number of aliphatic hydroxyl groups excluding tert-OH is 1. The van der Waals surface area contributed by atoms with Crippen LogP contribution in [0.4, 0.5) is 0 Å². The summed E-state index contributed by atoms with van der Waals surface area (Å²) in [6, 6.07) is 0.955. The molecule has 0 aliphatic rings. The molecular weight excluding hydrogens is 241 g/mol. The zero-order chi connectivity index (χ0) is 11.4. The van der Waals surface area contributed by atoms with Crippen molar-refractivity contribution < 1.29 is 9.90 Å². The van der Waals surface area contributed by atoms with Crippen LogP contribution in [-0.2, 0) is 0 Å². The Morgan fingerprint density at radius 2 is 2.27 bits per heavy atom. The van der Waals surface area contributed by atoms with Gasteiger partial charge in [0, 0.05) is 6.04 Å². The number of halogens is 2. The van der Waals surface area contributed by atoms with Gasteiger partial charge in [-0.3, -0.25) is 4.79 Å². The smallest absolute Gasteiger partial charge is 0.254 e. The van der Waals surface area contributed by atoms with E-state index in [0.717, 1.165) is 0 Å². The summed E-state index contributed by atoms with van der Waals surface area (Å²) in [5, 5.41) is 18.3. The van der Waals surface area contributed by atoms with Crippen LogP contribution in [0.5, 0.6) is 0 Å². The predicted molar refractivity (Wildman–Crippen MR) is 56.1 cm³/mol. The molecule has 0 bridgehead atoms. The number of aliphatic hydroxyl groups is 1. The summed E-state index contributed by atoms with van der Waals surface area (Å²) >= 11 is 11.2. The van der Waals surface area contributed by atoms with Crippen LogP contribution in [0, 0.1) is 0 Å². The van der Waals surface area contributed by atoms with Crippen LogP contribution >= 0.6 is 23.2 Å². The summed E-state index contributed by atoms with van der Waals surface area (Å²) in [6.07, 6.45) is 0. The van der Waals surface area contributed by atoms with Crippen molar-refractivity contribution in [3.8, 4) is 0 Å². The van der Waals surface area contributed by atoms with E-state index in [0.29, 0.717) is 0 Å². The summed E-state index contributed by atoms with van der Waals surface area (Å²) in [4.78, 5) is 11.6. The monoisotopic (exact) mass is 249 g/mol. The molecule has 0 saturated carbocycles. The van der Waals surface area contributed by atoms with Gasteiger partial charge in [-0.15, -0.1) is 10.2 Å². The van der Waals surface area contributed by atoms with E-state index in [1.54, 1.807) is 6.92 Å². The molecule has 7 heteroatoms. The maximum atomic E-state index is 11.6. The van der Waals surface area contributed by atoms with Gasteiger partial charge in [0.15, 0.2) is 10.3 Å². The number of amides is 1. The van der Waals surface area contributed by atoms with Crippen molar-refractivity contribution in [2.45, 2.75) is 13.0 Å². The Bertz CT molecular complexity index is 373. The van der Waals surface area contributed by atoms with Crippen LogP contribution in [0.2, 0.25) is 10.3 Å². The van der Waals surface area contributed by atoms with E-state index in [1.165, 1.54) is 6.07 Å². The highest BCUT2D eigenvalue weighted by atomic mass is 35.5. The highest BCUT2D eigenvalue weighted by molar-refractivity contribution is 6.34. The second-order valence-electron chi connectivity index (χ2n) is 2.93. The number of rotatable bonds is 3. The first-order valence-electron chi connectivity index (χ1n) is 4.15. The molecule has 0 aliphatic heterocycles. The summed E-state index contributed by atoms with van der Waals surface area (Å²) in [5.41, 5.74) is 0.136. The fourth-order valence-electron chi connectivity index (χ4n) is 0.859. The second kappa shape index (κ2) is 5.25. The van der Waals surface area contributed by atoms with Gasteiger partial charge in [-0.1, -0.05) is 23.2 Å². The fourth-order valence-corrected chi connectivity index (χ4v) is 1.18. The Hall–Kier alpha value is -0.910. The van der Waals surface area contributed by atoms with Crippen molar-refractivity contribution in [1.82, 2.24) is 15.5 Å². The Morgan fingerprint density at radius 3 is 2.87 bits per heavy atom. The van der Waals surface area contributed by atoms with Gasteiger partial charge in [0.05, 0.1) is 12.2 Å². The summed E-state index contributed by atoms with van der Waals surface area (Å²) in [5.74, 6) is -0.446. The van der Waals surface area contributed by atoms with E-state index in [9.17, 15) is 4.79 Å². The Balaban J connectivity index is 2.86. The molecule has 1 aromatic heterocycles. The number of nitrogens with zero attached hydrogens (tertiary/aromatic N) is 2. The molecule has 0 radical (unpaired) electrons. The third-order valence-electron chi connectivity index (χ3n) is 1.62. The molecule has 82 valence electrons. The highest BCUT2D eigenvalue weighted by Gasteiger charge is 2.14. The van der Waals surface area contributed by atoms with Crippen LogP contribution in [0.3, 0.4) is 0 Å². The largest absolute Gasteiger partial charge is 0.394 e. The lowest BCUT2D eigenvalue weighted by Gasteiger charge is -2.10. The van der Waals surface area contributed by atoms with Crippen molar-refractivity contribution >= 4 is 29.1 Å². The molecule has 1 amide bonds. The number of nitrogens with one attached hydrogen (secondary N) is 1. The fraction of sp³-hybridized carbons (Fsp3) is 0.375. The zero-order valence-corrected chi connectivity index (χ0v) is 9.38. The first-order chi connectivity index (χ1) is 7.04. The van der Waals surface area contributed by atoms with E-state index < -0.39 is 5.91 Å². The molecule has 0 aromatic carbocycles. The molecular formula is C8H9Cl2N3O2. The van der Waals surface area contributed by atoms with E-state index in [-0.39, 0.29) is 28.5 Å². The Labute approximate surface area is 96.4 Å². The van der Waals surface area contributed by atoms with Crippen LogP contribution in [0.25, 0.3) is 0 Å². The van der Waals surface area contributed by atoms with Crippen molar-refractivity contribution in [2.75, 3.05) is 6.61 Å². The van der Waals surface area contributed by atoms with Gasteiger partial charge in [-0.2, -0.15) is 0 Å². The molecule has 0 unspecified atom stereocenters. The van der Waals surface area contributed by atoms with Crippen LogP contribution < -0.4 is 5.32 Å². The van der Waals surface area contributed by atoms with Crippen LogP contribution in [0.15, 0.2) is 6.07 Å². The minimum absolute atomic E-state index is 0.0259. The molecule has 1 aromatic rings. The van der Waals surface area contributed by atoms with Gasteiger partial charge in [0.2, 0.25) is 0 Å². The average Bonchev–Trinajstić information content (AvgIpc) is 2.21. The quantitative estimate of drug-likeness (QED) is 0.835. The van der Waals surface area contributed by atoms with Crippen molar-refractivity contribution in [3.05, 3.63) is 21.9 Å². The van der Waals surface area contributed by atoms with Crippen LogP contribution in [0.1, 0.15) is 17.3 Å². The first kappa shape index (κ1) is 12.2. The average molecular weight is 250 g/mol. The normalized spacial score (nSPS) is 12.3. The molecule has 1 atom stereocenters. The van der Waals surface area contributed by atoms with Gasteiger partial charge in [0.25, 0.3) is 5.91 Å². The SMILES string of the molecule is C[C@@H](CO)NC(=O)c1cc(Cl)nnc1Cl. The molecule has 2 N–H and O–H groups in total. The lowest BCUT2D eigenvalue weighted by molar-refractivity contribution is 0.0922. The lowest BCUT2D eigenvalue weighted by atomic mass is 10.2. The number of aromatic nitrogens is 2. The standard InChI is InChI=1S/C8H9Cl2N3O2/c1-4(3-14)11-8(15)5-2-6(9)12-13-7(5)10/h2,4,14H,3H2,1H3,(H,11,15)/t4-/m0/s1. The van der Waals surface area contributed by atoms with Gasteiger partial charge < -0.3 is 10.4 Å². The van der Waals surface area contributed by atoms with Gasteiger partial charge in [-0.25, -0.2) is 0 Å². The molecule has 0 fully saturated rings. The molecule has 15 heavy (non-hydrogen) atoms. The first-order valence-corrected chi connectivity index (χ1v) is 4.90. The number of hydrogen-bond acceptors (Lipinski definition) is 4. The van der Waals surface area contributed by atoms with E-state index in [1.807, 2.05) is 0 Å². The minimum Gasteiger partial charge on any atom is -0.394 e. The van der Waals surface area contributed by atoms with Gasteiger partial charge in [-0.05, 0) is 13.0 Å². The summed E-state index contributed by atoms with van der Waals surface area (Å²) in [7, 11) is 0. The van der Waals surface area contributed by atoms with Crippen LogP contribution in [-0.4, -0.2) is 33.9 Å². The van der Waals surface area contributed by atoms with E-state index in [2.05, 4.69) is 15.5 Å². The van der Waals surface area contributed by atoms with Gasteiger partial charge in [0.1, 0.15) is 0 Å². The minimum atomic E-state index is -0.446. The maximum absolute atomic E-state index is 11.6. The second-order valence-corrected chi connectivity index (χ2v) is 3.67. The molecule has 5 nitrogen and oxygen atoms in total. The summed E-state index contributed by atoms with van der Waals surface area (Å²) in [6.45, 7) is 1.50. The molecule has 0 saturated heterocycles. The zero-order valence-electron chi connectivity index (χ0n) is 7.87. The molecule has 1 heterocycles. The van der Waals surface area contributed by atoms with Crippen molar-refractivity contribution in [2.24, 2.45) is 0 Å². The molecule has 1 rings (SSSR count). The predicted octanol–water partition coefficient (Wildman–Crippen LogP) is 0.894. The maximum Gasteiger partial charge on any atom is 0.254 e. The third kappa shape index (κ3) is 3.30. The summed E-state index contributed by atoms with van der Waals surface area (Å²) < 4.78 is 0. The number of carbonyl (C=O) groups is 1. The van der Waals surface area contributed by atoms with Crippen molar-refractivity contribution in [1.29, 1.82) is 0 Å². The van der Waals surface area contributed by atoms with Gasteiger partial charge >= 0.3 is 0 Å². The number of carbonyl (C=O) groups excluding carboxylic acids is 1. The third-order valence-corrected chi connectivity index (χ3v) is 2.08. The molecule has 0 spiro atoms. The van der Waals surface area contributed by atoms with E-state index in [4.69, 9.17) is 28.3 Å². The van der Waals surface area contributed by atoms with Crippen molar-refractivity contribution in [3.63, 3.8) is 0 Å². The topological polar surface area (TPSA) is 75.1 Å². The Kier molecular flexibility index (Phi) is 4.26.